The van der Waals surface area contributed by atoms with Crippen LogP contribution in [-0.4, -0.2) is 102 Å². The fourth-order valence-corrected chi connectivity index (χ4v) is 10.3. The zero-order valence-corrected chi connectivity index (χ0v) is 31.3. The first kappa shape index (κ1) is 38.3. The Balaban J connectivity index is 1.71. The number of benzene rings is 2. The second kappa shape index (κ2) is 14.0. The molecular weight excluding hydrogens is 699 g/mol. The molecule has 10 nitrogen and oxygen atoms in total. The van der Waals surface area contributed by atoms with Gasteiger partial charge in [-0.1, -0.05) is 60.3 Å². The van der Waals surface area contributed by atoms with Crippen molar-refractivity contribution in [3.8, 4) is 0 Å². The molecule has 0 N–H and O–H groups in total. The molecular formula is C34H44Cl2N2O8S2. The number of carbonyl (C=O) groups is 2. The molecule has 264 valence electrons. The fraction of sp³-hybridized carbons (Fsp3) is 0.529. The van der Waals surface area contributed by atoms with Gasteiger partial charge in [0.15, 0.2) is 31.1 Å². The van der Waals surface area contributed by atoms with E-state index in [9.17, 15) is 26.4 Å². The monoisotopic (exact) mass is 742 g/mol. The summed E-state index contributed by atoms with van der Waals surface area (Å²) in [6.45, 7) is 0. The molecule has 2 fully saturated rings. The van der Waals surface area contributed by atoms with Gasteiger partial charge in [0.05, 0.1) is 10.8 Å². The van der Waals surface area contributed by atoms with Crippen LogP contribution in [0.25, 0.3) is 0 Å². The minimum absolute atomic E-state index is 0.499. The van der Waals surface area contributed by atoms with Crippen LogP contribution in [0, 0.1) is 0 Å². The van der Waals surface area contributed by atoms with Gasteiger partial charge in [-0.3, -0.25) is 9.80 Å². The third-order valence-electron chi connectivity index (χ3n) is 9.96. The molecule has 2 atom stereocenters. The van der Waals surface area contributed by atoms with Gasteiger partial charge >= 0.3 is 11.9 Å². The number of nitrogens with zero attached hydrogens (tertiary/aromatic N) is 2. The van der Waals surface area contributed by atoms with Crippen LogP contribution in [0.1, 0.15) is 49.7 Å². The first-order chi connectivity index (χ1) is 22.2. The summed E-state index contributed by atoms with van der Waals surface area (Å²) in [5.41, 5.74) is -3.47. The van der Waals surface area contributed by atoms with E-state index in [0.717, 1.165) is 48.6 Å². The fourth-order valence-electron chi connectivity index (χ4n) is 7.48. The second-order valence-corrected chi connectivity index (χ2v) is 18.7. The van der Waals surface area contributed by atoms with Crippen molar-refractivity contribution in [1.29, 1.82) is 0 Å². The molecule has 2 aromatic carbocycles. The molecule has 2 unspecified atom stereocenters. The van der Waals surface area contributed by atoms with E-state index in [1.54, 1.807) is 62.3 Å². The number of halogens is 2. The van der Waals surface area contributed by atoms with Gasteiger partial charge < -0.3 is 9.47 Å². The predicted octanol–water partition coefficient (Wildman–Crippen LogP) is 4.78. The molecule has 0 saturated heterocycles. The van der Waals surface area contributed by atoms with E-state index in [0.29, 0.717) is 35.7 Å². The summed E-state index contributed by atoms with van der Waals surface area (Å²) in [5, 5.41) is 1.02. The molecule has 0 aromatic heterocycles. The van der Waals surface area contributed by atoms with E-state index >= 15 is 0 Å². The number of likely N-dealkylation sites (N-methyl/N-ethyl adjacent to an activating group) is 2. The number of hydrogen-bond acceptors (Lipinski definition) is 10. The Morgan fingerprint density at radius 1 is 0.667 bits per heavy atom. The zero-order valence-electron chi connectivity index (χ0n) is 28.2. The molecule has 0 radical (unpaired) electrons. The summed E-state index contributed by atoms with van der Waals surface area (Å²) in [4.78, 5) is 30.4. The van der Waals surface area contributed by atoms with Crippen molar-refractivity contribution in [1.82, 2.24) is 9.80 Å². The smallest absolute Gasteiger partial charge is 0.332 e. The lowest BCUT2D eigenvalue weighted by Gasteiger charge is -2.57. The molecule has 2 saturated carbocycles. The van der Waals surface area contributed by atoms with Gasteiger partial charge in [0.2, 0.25) is 0 Å². The summed E-state index contributed by atoms with van der Waals surface area (Å²) < 4.78 is 63.7. The Morgan fingerprint density at radius 3 is 1.17 bits per heavy atom. The first-order valence-corrected chi connectivity index (χ1v) is 20.5. The quantitative estimate of drug-likeness (QED) is 0.152. The average molecular weight is 744 g/mol. The standard InChI is InChI=1S/C34H44Cl2N2O8S2/c1-37(2)33(23-47(5,41)42,31(19-7-20-31)25-9-13-27(35)14-10-25)45-29(39)17-18-30(40)46-34(38(3)4,24-48(6,43)44)32(21-8-22-32)26-11-15-28(36)16-12-26/h9-18H,7-8,19-24H2,1-6H3/b18-17-. The van der Waals surface area contributed by atoms with Gasteiger partial charge in [0.25, 0.3) is 0 Å². The summed E-state index contributed by atoms with van der Waals surface area (Å²) >= 11 is 12.3. The van der Waals surface area contributed by atoms with Gasteiger partial charge in [-0.15, -0.1) is 0 Å². The van der Waals surface area contributed by atoms with Gasteiger partial charge in [0, 0.05) is 34.7 Å². The lowest BCUT2D eigenvalue weighted by Crippen LogP contribution is -2.68. The van der Waals surface area contributed by atoms with E-state index in [1.807, 2.05) is 24.3 Å². The van der Waals surface area contributed by atoms with Crippen LogP contribution in [0.15, 0.2) is 60.7 Å². The minimum Gasteiger partial charge on any atom is -0.438 e. The molecule has 0 heterocycles. The second-order valence-electron chi connectivity index (χ2n) is 13.6. The van der Waals surface area contributed by atoms with E-state index < -0.39 is 65.4 Å². The molecule has 0 spiro atoms. The minimum atomic E-state index is -3.70. The predicted molar refractivity (Wildman–Crippen MR) is 188 cm³/mol. The Bertz CT molecular complexity index is 1620. The maximum atomic E-state index is 13.6. The first-order valence-electron chi connectivity index (χ1n) is 15.6. The van der Waals surface area contributed by atoms with Crippen molar-refractivity contribution in [3.63, 3.8) is 0 Å². The molecule has 2 aliphatic carbocycles. The molecule has 0 aliphatic heterocycles. The number of sulfone groups is 2. The molecule has 48 heavy (non-hydrogen) atoms. The summed E-state index contributed by atoms with van der Waals surface area (Å²) in [6, 6.07) is 14.1. The summed E-state index contributed by atoms with van der Waals surface area (Å²) in [5.74, 6) is -2.92. The molecule has 14 heteroatoms. The van der Waals surface area contributed by atoms with Crippen molar-refractivity contribution in [3.05, 3.63) is 81.9 Å². The zero-order chi connectivity index (χ0) is 35.8. The van der Waals surface area contributed by atoms with Crippen molar-refractivity contribution in [2.24, 2.45) is 0 Å². The van der Waals surface area contributed by atoms with E-state index in [4.69, 9.17) is 32.7 Å². The van der Waals surface area contributed by atoms with Gasteiger partial charge in [-0.05, 0) is 89.3 Å². The summed E-state index contributed by atoms with van der Waals surface area (Å²) in [6.07, 6.45) is 7.71. The van der Waals surface area contributed by atoms with Crippen LogP contribution in [0.3, 0.4) is 0 Å². The maximum absolute atomic E-state index is 13.6. The SMILES string of the molecule is CN(C)C(CS(C)(=O)=O)(OC(=O)/C=C\C(=O)OC(CS(C)(=O)=O)(N(C)C)C1(c2ccc(Cl)cc2)CCC1)C1(c2ccc(Cl)cc2)CCC1. The summed E-state index contributed by atoms with van der Waals surface area (Å²) in [7, 11) is -0.804. The lowest BCUT2D eigenvalue weighted by atomic mass is 9.58. The maximum Gasteiger partial charge on any atom is 0.332 e. The van der Waals surface area contributed by atoms with Crippen LogP contribution in [0.2, 0.25) is 10.0 Å². The van der Waals surface area contributed by atoms with Gasteiger partial charge in [0.1, 0.15) is 11.5 Å². The van der Waals surface area contributed by atoms with Gasteiger partial charge in [-0.2, -0.15) is 0 Å². The largest absolute Gasteiger partial charge is 0.438 e. The Hall–Kier alpha value is -2.48. The Morgan fingerprint density at radius 2 is 0.958 bits per heavy atom. The normalized spacial score (nSPS) is 20.0. The van der Waals surface area contributed by atoms with E-state index in [2.05, 4.69) is 0 Å². The number of carbonyl (C=O) groups excluding carboxylic acids is 2. The van der Waals surface area contributed by atoms with Crippen LogP contribution < -0.4 is 0 Å². The van der Waals surface area contributed by atoms with Crippen LogP contribution >= 0.6 is 23.2 Å². The lowest BCUT2D eigenvalue weighted by molar-refractivity contribution is -0.200. The van der Waals surface area contributed by atoms with Crippen molar-refractivity contribution in [2.75, 3.05) is 52.2 Å². The van der Waals surface area contributed by atoms with Crippen molar-refractivity contribution >= 4 is 54.8 Å². The Kier molecular flexibility index (Phi) is 11.2. The van der Waals surface area contributed by atoms with Crippen molar-refractivity contribution in [2.45, 2.75) is 60.8 Å². The topological polar surface area (TPSA) is 127 Å². The highest BCUT2D eigenvalue weighted by molar-refractivity contribution is 7.91. The van der Waals surface area contributed by atoms with Crippen LogP contribution in [0.4, 0.5) is 0 Å². The molecule has 4 rings (SSSR count). The number of hydrogen-bond donors (Lipinski definition) is 0. The van der Waals surface area contributed by atoms with Crippen LogP contribution in [0.5, 0.6) is 0 Å². The molecule has 0 amide bonds. The highest BCUT2D eigenvalue weighted by atomic mass is 35.5. The molecule has 2 aromatic rings. The Labute approximate surface area is 294 Å². The third-order valence-corrected chi connectivity index (χ3v) is 12.3. The van der Waals surface area contributed by atoms with Crippen LogP contribution in [-0.2, 0) is 49.6 Å². The molecule has 0 bridgehead atoms. The van der Waals surface area contributed by atoms with E-state index in [1.165, 1.54) is 0 Å². The average Bonchev–Trinajstić information content (AvgIpc) is 2.90. The van der Waals surface area contributed by atoms with Crippen molar-refractivity contribution < 1.29 is 35.9 Å². The number of ether oxygens (including phenoxy) is 2. The molecule has 2 aliphatic rings. The highest BCUT2D eigenvalue weighted by Gasteiger charge is 2.62. The third kappa shape index (κ3) is 7.49. The number of rotatable bonds is 14. The highest BCUT2D eigenvalue weighted by Crippen LogP contribution is 2.55. The number of esters is 2. The van der Waals surface area contributed by atoms with E-state index in [-0.39, 0.29) is 0 Å². The van der Waals surface area contributed by atoms with Gasteiger partial charge in [-0.25, -0.2) is 26.4 Å².